The molecule has 0 N–H and O–H groups in total. The Hall–Kier alpha value is -1.56. The summed E-state index contributed by atoms with van der Waals surface area (Å²) in [5, 5.41) is 0. The van der Waals surface area contributed by atoms with E-state index in [1.165, 1.54) is 67.2 Å². The Balaban J connectivity index is 1.55. The predicted molar refractivity (Wildman–Crippen MR) is 110 cm³/mol. The van der Waals surface area contributed by atoms with E-state index in [4.69, 9.17) is 0 Å². The molecule has 1 fully saturated rings. The average molecular weight is 335 g/mol. The first-order chi connectivity index (χ1) is 12.2. The van der Waals surface area contributed by atoms with Gasteiger partial charge in [0.25, 0.3) is 0 Å². The first-order valence-electron chi connectivity index (χ1n) is 10.3. The fourth-order valence-corrected chi connectivity index (χ4v) is 4.57. The van der Waals surface area contributed by atoms with Gasteiger partial charge in [-0.3, -0.25) is 0 Å². The molecular weight excluding hydrogens is 300 g/mol. The third-order valence-corrected chi connectivity index (χ3v) is 6.29. The van der Waals surface area contributed by atoms with E-state index in [1.54, 1.807) is 0 Å². The summed E-state index contributed by atoms with van der Waals surface area (Å²) in [6.45, 7) is 6.94. The highest BCUT2D eigenvalue weighted by Crippen LogP contribution is 2.36. The van der Waals surface area contributed by atoms with Gasteiger partial charge in [0, 0.05) is 0 Å². The summed E-state index contributed by atoms with van der Waals surface area (Å²) in [7, 11) is 0. The van der Waals surface area contributed by atoms with Gasteiger partial charge in [0.2, 0.25) is 0 Å². The third kappa shape index (κ3) is 4.97. The minimum Gasteiger partial charge on any atom is -0.0654 e. The fourth-order valence-electron chi connectivity index (χ4n) is 4.57. The normalized spacial score (nSPS) is 21.9. The quantitative estimate of drug-likeness (QED) is 0.514. The molecule has 0 aromatic heterocycles. The van der Waals surface area contributed by atoms with E-state index in [2.05, 4.69) is 69.3 Å². The van der Waals surface area contributed by atoms with Gasteiger partial charge in [-0.05, 0) is 60.6 Å². The van der Waals surface area contributed by atoms with E-state index in [0.29, 0.717) is 0 Å². The lowest BCUT2D eigenvalue weighted by atomic mass is 9.74. The summed E-state index contributed by atoms with van der Waals surface area (Å²) < 4.78 is 0. The van der Waals surface area contributed by atoms with Crippen LogP contribution in [0.2, 0.25) is 0 Å². The molecule has 0 bridgehead atoms. The Morgan fingerprint density at radius 3 is 1.96 bits per heavy atom. The van der Waals surface area contributed by atoms with Crippen molar-refractivity contribution in [1.29, 1.82) is 0 Å². The maximum atomic E-state index is 2.47. The summed E-state index contributed by atoms with van der Waals surface area (Å²) in [5.74, 6) is 2.76. The van der Waals surface area contributed by atoms with Crippen molar-refractivity contribution >= 4 is 0 Å². The van der Waals surface area contributed by atoms with Crippen LogP contribution in [0, 0.1) is 24.7 Å². The van der Waals surface area contributed by atoms with Crippen molar-refractivity contribution in [2.45, 2.75) is 65.7 Å². The second-order valence-electron chi connectivity index (χ2n) is 8.31. The Labute approximate surface area is 154 Å². The molecule has 3 rings (SSSR count). The molecule has 1 atom stereocenters. The van der Waals surface area contributed by atoms with Crippen molar-refractivity contribution in [3.63, 3.8) is 0 Å². The van der Waals surface area contributed by atoms with E-state index in [0.717, 1.165) is 17.8 Å². The first-order valence-corrected chi connectivity index (χ1v) is 10.3. The second-order valence-corrected chi connectivity index (χ2v) is 8.31. The van der Waals surface area contributed by atoms with E-state index >= 15 is 0 Å². The van der Waals surface area contributed by atoms with Crippen LogP contribution in [0.5, 0.6) is 0 Å². The highest BCUT2D eigenvalue weighted by Gasteiger charge is 2.24. The molecule has 1 saturated carbocycles. The van der Waals surface area contributed by atoms with Crippen LogP contribution in [0.15, 0.2) is 48.5 Å². The van der Waals surface area contributed by atoms with Crippen LogP contribution in [0.1, 0.15) is 63.5 Å². The Morgan fingerprint density at radius 2 is 1.40 bits per heavy atom. The first kappa shape index (κ1) is 18.2. The Morgan fingerprint density at radius 1 is 0.840 bits per heavy atom. The van der Waals surface area contributed by atoms with Gasteiger partial charge in [0.1, 0.15) is 0 Å². The predicted octanol–water partition coefficient (Wildman–Crippen LogP) is 7.45. The molecule has 0 heterocycles. The molecule has 1 aliphatic rings. The molecule has 0 spiro atoms. The molecule has 1 aliphatic carbocycles. The summed E-state index contributed by atoms with van der Waals surface area (Å²) in [5.41, 5.74) is 5.47. The molecule has 0 amide bonds. The van der Waals surface area contributed by atoms with Gasteiger partial charge in [0.15, 0.2) is 0 Å². The van der Waals surface area contributed by atoms with Gasteiger partial charge in [-0.25, -0.2) is 0 Å². The van der Waals surface area contributed by atoms with Gasteiger partial charge in [-0.1, -0.05) is 93.6 Å². The van der Waals surface area contributed by atoms with Crippen molar-refractivity contribution in [3.8, 4) is 11.1 Å². The van der Waals surface area contributed by atoms with Crippen molar-refractivity contribution < 1.29 is 0 Å². The van der Waals surface area contributed by atoms with Crippen LogP contribution in [0.3, 0.4) is 0 Å². The molecular formula is C25H34. The molecule has 2 aromatic rings. The van der Waals surface area contributed by atoms with Gasteiger partial charge < -0.3 is 0 Å². The van der Waals surface area contributed by atoms with Gasteiger partial charge in [0.05, 0.1) is 0 Å². The monoisotopic (exact) mass is 334 g/mol. The molecule has 0 heteroatoms. The summed E-state index contributed by atoms with van der Waals surface area (Å²) in [4.78, 5) is 0. The molecule has 0 nitrogen and oxygen atoms in total. The van der Waals surface area contributed by atoms with Crippen molar-refractivity contribution in [2.24, 2.45) is 17.8 Å². The topological polar surface area (TPSA) is 0 Å². The van der Waals surface area contributed by atoms with E-state index in [9.17, 15) is 0 Å². The minimum absolute atomic E-state index is 0.813. The smallest absolute Gasteiger partial charge is 0.0184 e. The van der Waals surface area contributed by atoms with Crippen molar-refractivity contribution in [2.75, 3.05) is 0 Å². The standard InChI is InChI=1S/C25H34/c1-4-5-21-8-14-23(15-9-21)20(3)18-22-10-16-25(17-11-22)24-12-6-19(2)7-13-24/h6-7,10-13,16-17,20-21,23H,4-5,8-9,14-15,18H2,1-3H3. The molecule has 134 valence electrons. The SMILES string of the molecule is CCCC1CCC(C(C)Cc2ccc(-c3ccc(C)cc3)cc2)CC1. The molecule has 0 aliphatic heterocycles. The average Bonchev–Trinajstić information content (AvgIpc) is 2.64. The van der Waals surface area contributed by atoms with Crippen molar-refractivity contribution in [3.05, 3.63) is 59.7 Å². The largest absolute Gasteiger partial charge is 0.0654 e. The zero-order valence-electron chi connectivity index (χ0n) is 16.3. The Bertz CT molecular complexity index is 627. The van der Waals surface area contributed by atoms with Crippen LogP contribution in [-0.2, 0) is 6.42 Å². The fraction of sp³-hybridized carbons (Fsp3) is 0.520. The lowest BCUT2D eigenvalue weighted by Crippen LogP contribution is -2.21. The third-order valence-electron chi connectivity index (χ3n) is 6.29. The number of aryl methyl sites for hydroxylation is 1. The molecule has 2 aromatic carbocycles. The zero-order valence-corrected chi connectivity index (χ0v) is 16.3. The van der Waals surface area contributed by atoms with Crippen LogP contribution in [0.4, 0.5) is 0 Å². The maximum absolute atomic E-state index is 2.47. The van der Waals surface area contributed by atoms with E-state index < -0.39 is 0 Å². The number of hydrogen-bond acceptors (Lipinski definition) is 0. The number of rotatable bonds is 6. The summed E-state index contributed by atoms with van der Waals surface area (Å²) >= 11 is 0. The van der Waals surface area contributed by atoms with Gasteiger partial charge in [-0.2, -0.15) is 0 Å². The highest BCUT2D eigenvalue weighted by atomic mass is 14.3. The molecule has 1 unspecified atom stereocenters. The minimum atomic E-state index is 0.813. The summed E-state index contributed by atoms with van der Waals surface area (Å²) in [6.07, 6.45) is 9.88. The lowest BCUT2D eigenvalue weighted by molar-refractivity contribution is 0.206. The molecule has 0 radical (unpaired) electrons. The van der Waals surface area contributed by atoms with Gasteiger partial charge in [-0.15, -0.1) is 0 Å². The maximum Gasteiger partial charge on any atom is -0.0184 e. The number of benzene rings is 2. The second kappa shape index (κ2) is 8.70. The van der Waals surface area contributed by atoms with E-state index in [1.807, 2.05) is 0 Å². The molecule has 0 saturated heterocycles. The van der Waals surface area contributed by atoms with Crippen LogP contribution < -0.4 is 0 Å². The van der Waals surface area contributed by atoms with Crippen LogP contribution in [0.25, 0.3) is 11.1 Å². The highest BCUT2D eigenvalue weighted by molar-refractivity contribution is 5.63. The lowest BCUT2D eigenvalue weighted by Gasteiger charge is -2.32. The van der Waals surface area contributed by atoms with Crippen LogP contribution >= 0.6 is 0 Å². The zero-order chi connectivity index (χ0) is 17.6. The van der Waals surface area contributed by atoms with E-state index in [-0.39, 0.29) is 0 Å². The summed E-state index contributed by atoms with van der Waals surface area (Å²) in [6, 6.07) is 18.1. The molecule has 25 heavy (non-hydrogen) atoms. The van der Waals surface area contributed by atoms with Crippen LogP contribution in [-0.4, -0.2) is 0 Å². The van der Waals surface area contributed by atoms with Crippen molar-refractivity contribution in [1.82, 2.24) is 0 Å². The number of hydrogen-bond donors (Lipinski definition) is 0. The van der Waals surface area contributed by atoms with Gasteiger partial charge >= 0.3 is 0 Å². The Kier molecular flexibility index (Phi) is 6.34.